The first-order chi connectivity index (χ1) is 12.2. The molecule has 7 heteroatoms. The maximum absolute atomic E-state index is 12.7. The van der Waals surface area contributed by atoms with Gasteiger partial charge in [0.15, 0.2) is 0 Å². The summed E-state index contributed by atoms with van der Waals surface area (Å²) in [5.74, 6) is -0.278. The van der Waals surface area contributed by atoms with Crippen LogP contribution in [-0.4, -0.2) is 20.4 Å². The monoisotopic (exact) mass is 438 g/mol. The lowest BCUT2D eigenvalue weighted by molar-refractivity contribution is 0.0938. The molecule has 0 bridgehead atoms. The fourth-order valence-electron chi connectivity index (χ4n) is 2.54. The quantitative estimate of drug-likeness (QED) is 0.668. The van der Waals surface area contributed by atoms with Crippen molar-refractivity contribution in [2.24, 2.45) is 0 Å². The molecule has 0 saturated carbocycles. The molecular formula is C19H23BrN2O3S. The van der Waals surface area contributed by atoms with Crippen LogP contribution in [0.1, 0.15) is 42.6 Å². The van der Waals surface area contributed by atoms with Crippen molar-refractivity contribution in [1.82, 2.24) is 5.32 Å². The molecule has 2 rings (SSSR count). The van der Waals surface area contributed by atoms with E-state index in [1.54, 1.807) is 24.3 Å². The van der Waals surface area contributed by atoms with Gasteiger partial charge in [-0.2, -0.15) is 0 Å². The number of carbonyl (C=O) groups excluding carboxylic acids is 1. The van der Waals surface area contributed by atoms with E-state index in [0.29, 0.717) is 15.7 Å². The average molecular weight is 439 g/mol. The molecule has 0 aliphatic carbocycles. The minimum atomic E-state index is -3.81. The van der Waals surface area contributed by atoms with Gasteiger partial charge in [-0.1, -0.05) is 25.5 Å². The van der Waals surface area contributed by atoms with Gasteiger partial charge in [0.1, 0.15) is 0 Å². The highest BCUT2D eigenvalue weighted by atomic mass is 79.9. The number of carbonyl (C=O) groups is 1. The number of rotatable bonds is 7. The van der Waals surface area contributed by atoms with Crippen molar-refractivity contribution in [2.75, 3.05) is 4.72 Å². The van der Waals surface area contributed by atoms with Gasteiger partial charge in [0.2, 0.25) is 0 Å². The van der Waals surface area contributed by atoms with E-state index in [2.05, 4.69) is 26.0 Å². The van der Waals surface area contributed by atoms with Crippen LogP contribution in [0.5, 0.6) is 0 Å². The third-order valence-electron chi connectivity index (χ3n) is 3.87. The third-order valence-corrected chi connectivity index (χ3v) is 5.93. The van der Waals surface area contributed by atoms with Gasteiger partial charge in [0, 0.05) is 16.1 Å². The summed E-state index contributed by atoms with van der Waals surface area (Å²) in [5, 5.41) is 2.88. The Morgan fingerprint density at radius 3 is 2.62 bits per heavy atom. The Hall–Kier alpha value is -1.86. The molecule has 1 amide bonds. The Labute approximate surface area is 163 Å². The summed E-state index contributed by atoms with van der Waals surface area (Å²) in [4.78, 5) is 12.4. The first-order valence-electron chi connectivity index (χ1n) is 8.43. The highest BCUT2D eigenvalue weighted by molar-refractivity contribution is 9.10. The van der Waals surface area contributed by atoms with Gasteiger partial charge in [-0.25, -0.2) is 8.42 Å². The van der Waals surface area contributed by atoms with Gasteiger partial charge in [0.05, 0.1) is 10.6 Å². The molecule has 0 unspecified atom stereocenters. The van der Waals surface area contributed by atoms with Gasteiger partial charge < -0.3 is 5.32 Å². The normalized spacial score (nSPS) is 12.5. The molecule has 2 aromatic rings. The van der Waals surface area contributed by atoms with E-state index in [-0.39, 0.29) is 16.8 Å². The van der Waals surface area contributed by atoms with Crippen LogP contribution in [0.4, 0.5) is 5.69 Å². The minimum absolute atomic E-state index is 0.0362. The van der Waals surface area contributed by atoms with Gasteiger partial charge in [0.25, 0.3) is 15.9 Å². The van der Waals surface area contributed by atoms with Crippen molar-refractivity contribution in [3.63, 3.8) is 0 Å². The predicted octanol–water partition coefficient (Wildman–Crippen LogP) is 4.48. The van der Waals surface area contributed by atoms with Crippen LogP contribution in [0.3, 0.4) is 0 Å². The van der Waals surface area contributed by atoms with Gasteiger partial charge >= 0.3 is 0 Å². The number of amides is 1. The molecule has 0 spiro atoms. The van der Waals surface area contributed by atoms with Gasteiger partial charge in [-0.15, -0.1) is 0 Å². The first kappa shape index (κ1) is 20.5. The second-order valence-electron chi connectivity index (χ2n) is 6.28. The number of hydrogen-bond acceptors (Lipinski definition) is 3. The molecule has 0 aliphatic rings. The molecule has 26 heavy (non-hydrogen) atoms. The molecule has 0 radical (unpaired) electrons. The number of benzene rings is 2. The third kappa shape index (κ3) is 5.32. The van der Waals surface area contributed by atoms with E-state index in [1.807, 2.05) is 26.8 Å². The number of halogens is 1. The second kappa shape index (κ2) is 8.68. The lowest BCUT2D eigenvalue weighted by Gasteiger charge is -2.14. The topological polar surface area (TPSA) is 75.3 Å². The molecule has 0 aromatic heterocycles. The Balaban J connectivity index is 2.25. The zero-order chi connectivity index (χ0) is 19.3. The van der Waals surface area contributed by atoms with Crippen LogP contribution in [-0.2, 0) is 10.0 Å². The average Bonchev–Trinajstić information content (AvgIpc) is 2.58. The molecule has 0 heterocycles. The van der Waals surface area contributed by atoms with E-state index in [9.17, 15) is 13.2 Å². The largest absolute Gasteiger partial charge is 0.350 e. The van der Waals surface area contributed by atoms with E-state index in [4.69, 9.17) is 0 Å². The standard InChI is InChI=1S/C19H23BrN2O3S/c1-4-6-14(3)21-19(23)15-7-5-8-16(12-15)26(24,25)22-18-11-13(2)9-10-17(18)20/h5,7-12,14,22H,4,6H2,1-3H3,(H,21,23)/t14-/m0/s1. The van der Waals surface area contributed by atoms with Crippen molar-refractivity contribution >= 4 is 37.5 Å². The summed E-state index contributed by atoms with van der Waals surface area (Å²) in [6, 6.07) is 11.5. The van der Waals surface area contributed by atoms with Crippen molar-refractivity contribution < 1.29 is 13.2 Å². The Bertz CT molecular complexity index is 897. The van der Waals surface area contributed by atoms with Crippen molar-refractivity contribution in [3.05, 3.63) is 58.1 Å². The smallest absolute Gasteiger partial charge is 0.261 e. The predicted molar refractivity (Wildman–Crippen MR) is 108 cm³/mol. The SMILES string of the molecule is CCC[C@H](C)NC(=O)c1cccc(S(=O)(=O)Nc2cc(C)ccc2Br)c1. The zero-order valence-corrected chi connectivity index (χ0v) is 17.4. The van der Waals surface area contributed by atoms with Crippen LogP contribution in [0.25, 0.3) is 0 Å². The van der Waals surface area contributed by atoms with Crippen molar-refractivity contribution in [1.29, 1.82) is 0 Å². The molecule has 140 valence electrons. The van der Waals surface area contributed by atoms with E-state index < -0.39 is 10.0 Å². The summed E-state index contributed by atoms with van der Waals surface area (Å²) in [7, 11) is -3.81. The Morgan fingerprint density at radius 1 is 1.19 bits per heavy atom. The highest BCUT2D eigenvalue weighted by Gasteiger charge is 2.18. The molecule has 2 N–H and O–H groups in total. The fraction of sp³-hybridized carbons (Fsp3) is 0.316. The van der Waals surface area contributed by atoms with Crippen LogP contribution >= 0.6 is 15.9 Å². The molecule has 5 nitrogen and oxygen atoms in total. The molecular weight excluding hydrogens is 416 g/mol. The fourth-order valence-corrected chi connectivity index (χ4v) is 4.13. The molecule has 2 aromatic carbocycles. The van der Waals surface area contributed by atoms with E-state index in [1.165, 1.54) is 12.1 Å². The number of hydrogen-bond donors (Lipinski definition) is 2. The molecule has 1 atom stereocenters. The summed E-state index contributed by atoms with van der Waals surface area (Å²) >= 11 is 3.34. The molecule has 0 aliphatic heterocycles. The maximum atomic E-state index is 12.7. The molecule has 0 saturated heterocycles. The Morgan fingerprint density at radius 2 is 1.92 bits per heavy atom. The summed E-state index contributed by atoms with van der Waals surface area (Å²) in [5.41, 5.74) is 1.71. The van der Waals surface area contributed by atoms with Gasteiger partial charge in [-0.05, 0) is 72.1 Å². The lowest BCUT2D eigenvalue weighted by atomic mass is 10.1. The number of nitrogens with one attached hydrogen (secondary N) is 2. The van der Waals surface area contributed by atoms with Crippen LogP contribution in [0, 0.1) is 6.92 Å². The second-order valence-corrected chi connectivity index (χ2v) is 8.82. The molecule has 0 fully saturated rings. The highest BCUT2D eigenvalue weighted by Crippen LogP contribution is 2.26. The summed E-state index contributed by atoms with van der Waals surface area (Å²) in [6.07, 6.45) is 1.83. The van der Waals surface area contributed by atoms with Crippen LogP contribution in [0.2, 0.25) is 0 Å². The van der Waals surface area contributed by atoms with Gasteiger partial charge in [-0.3, -0.25) is 9.52 Å². The number of sulfonamides is 1. The lowest BCUT2D eigenvalue weighted by Crippen LogP contribution is -2.32. The summed E-state index contributed by atoms with van der Waals surface area (Å²) in [6.45, 7) is 5.86. The van der Waals surface area contributed by atoms with Crippen LogP contribution < -0.4 is 10.0 Å². The number of aryl methyl sites for hydroxylation is 1. The first-order valence-corrected chi connectivity index (χ1v) is 10.7. The van der Waals surface area contributed by atoms with E-state index in [0.717, 1.165) is 18.4 Å². The summed E-state index contributed by atoms with van der Waals surface area (Å²) < 4.78 is 28.6. The van der Waals surface area contributed by atoms with Crippen molar-refractivity contribution in [3.8, 4) is 0 Å². The minimum Gasteiger partial charge on any atom is -0.350 e. The van der Waals surface area contributed by atoms with Crippen LogP contribution in [0.15, 0.2) is 51.8 Å². The zero-order valence-electron chi connectivity index (χ0n) is 15.0. The Kier molecular flexibility index (Phi) is 6.83. The van der Waals surface area contributed by atoms with Crippen molar-refractivity contribution in [2.45, 2.75) is 44.6 Å². The number of anilines is 1. The van der Waals surface area contributed by atoms with E-state index >= 15 is 0 Å². The maximum Gasteiger partial charge on any atom is 0.261 e.